The van der Waals surface area contributed by atoms with Gasteiger partial charge in [-0.05, 0) is 204 Å². The maximum Gasteiger partial charge on any atom is 0.129 e. The Bertz CT molecular complexity index is 6260. The van der Waals surface area contributed by atoms with Crippen LogP contribution >= 0.6 is 45.2 Å². The van der Waals surface area contributed by atoms with E-state index >= 15 is 0 Å². The van der Waals surface area contributed by atoms with E-state index in [1.165, 1.54) is 476 Å². The van der Waals surface area contributed by atoms with Crippen molar-refractivity contribution < 1.29 is 0 Å². The fraction of sp³-hybridized carbons (Fsp3) is 0.507. The second-order valence-electron chi connectivity index (χ2n) is 44.8. The van der Waals surface area contributed by atoms with Gasteiger partial charge in [0.15, 0.2) is 0 Å². The van der Waals surface area contributed by atoms with Gasteiger partial charge in [-0.3, -0.25) is 0 Å². The third-order valence-electron chi connectivity index (χ3n) is 30.1. The summed E-state index contributed by atoms with van der Waals surface area (Å²) in [4.78, 5) is 3.38. The molecular formula is C138H187I2N5Si2. The predicted octanol–water partition coefficient (Wildman–Crippen LogP) is 44.1. The first-order chi connectivity index (χ1) is 71.9. The normalized spacial score (nSPS) is 11.6. The van der Waals surface area contributed by atoms with E-state index < -0.39 is 16.1 Å². The van der Waals surface area contributed by atoms with E-state index in [9.17, 15) is 0 Å². The van der Waals surface area contributed by atoms with Crippen LogP contribution in [0.2, 0.25) is 39.3 Å². The van der Waals surface area contributed by atoms with Crippen molar-refractivity contribution in [3.05, 3.63) is 236 Å². The van der Waals surface area contributed by atoms with E-state index in [4.69, 9.17) is 12.8 Å². The van der Waals surface area contributed by atoms with Crippen LogP contribution < -0.4 is 0 Å². The summed E-state index contributed by atoms with van der Waals surface area (Å²) < 4.78 is 12.7. The predicted molar refractivity (Wildman–Crippen MR) is 677 cm³/mol. The second kappa shape index (κ2) is 67.6. The number of H-pyrrole nitrogens is 1. The lowest BCUT2D eigenvalue weighted by molar-refractivity contribution is 0.528. The van der Waals surface area contributed by atoms with Crippen molar-refractivity contribution >= 4 is 170 Å². The first-order valence-electron chi connectivity index (χ1n) is 59.3. The van der Waals surface area contributed by atoms with Gasteiger partial charge in [-0.2, -0.15) is 0 Å². The molecule has 5 aromatic heterocycles. The zero-order valence-corrected chi connectivity index (χ0v) is 99.6. The van der Waals surface area contributed by atoms with Gasteiger partial charge in [0.25, 0.3) is 0 Å². The number of hydrogen-bond donors (Lipinski definition) is 1. The van der Waals surface area contributed by atoms with Crippen LogP contribution in [-0.2, 0) is 26.2 Å². The van der Waals surface area contributed by atoms with Gasteiger partial charge in [0.2, 0.25) is 0 Å². The van der Waals surface area contributed by atoms with Gasteiger partial charge in [-0.25, -0.2) is 0 Å². The number of halogens is 2. The van der Waals surface area contributed by atoms with Gasteiger partial charge < -0.3 is 23.3 Å². The van der Waals surface area contributed by atoms with Crippen LogP contribution in [0.4, 0.5) is 0 Å². The Morgan fingerprint density at radius 2 is 0.401 bits per heavy atom. The number of rotatable bonds is 60. The minimum atomic E-state index is -1.42. The van der Waals surface area contributed by atoms with E-state index in [1.54, 1.807) is 0 Å². The molecule has 15 aromatic rings. The highest BCUT2D eigenvalue weighted by molar-refractivity contribution is 14.1. The number of nitrogens with zero attached hydrogens (tertiary/aromatic N) is 4. The Kier molecular flexibility index (Phi) is 54.5. The second-order valence-corrected chi connectivity index (χ2v) is 56.8. The molecule has 0 aliphatic carbocycles. The lowest BCUT2D eigenvalue weighted by atomic mass is 10.0. The SMILES string of the molecule is C#Cc1ccc2c(c1)c1cc(C#C)ccc1n2CCCCCCCCCCCCCCCC.CCCCCCCCCCCCCCCCn1c2ccc(C#C[Si](C)(C)C)cc2c2cc(C#C[Si](C)(C)C)ccc21.CCCCCCCCCCCCCCCCn1c2ccc(I)cc2c2cc(I)ccc21.CCCCCCCCCCCCCCCCn1c2ccccc2c2ccccc21.c1ccc2c(c1)[nH]c1ccccc12. The highest BCUT2D eigenvalue weighted by Crippen LogP contribution is 2.38. The maximum absolute atomic E-state index is 5.65. The van der Waals surface area contributed by atoms with Crippen LogP contribution in [0.3, 0.4) is 0 Å². The number of unbranched alkanes of at least 4 members (excludes halogenated alkanes) is 52. The standard InChI is InChI=1S/C38H57NSi2.C32H41N.C28H39I2N.C28H41N.C12H9N/c1-8-9-10-11-12-13-14-15-16-17-18-19-20-21-28-39-37-24-22-33(26-29-40(2,3)4)31-35(37)36-32-34(23-25-38(36)39)27-30-41(5,6)7;1-4-7-8-9-10-11-12-13-14-15-16-17-18-19-24-33-31-22-20-27(5-2)25-29(31)30-26-28(6-3)21-23-32(30)33;1-2-3-4-5-6-7-8-9-10-11-12-13-14-15-20-31-27-18-16-23(29)21-25(27)26-22-24(30)17-19-28(26)31;1-2-3-4-5-6-7-8-9-10-11-12-13-14-19-24-29-27-22-17-15-20-25(27)26-21-16-18-23-28(26)29;1-3-7-11-9(5-1)10-6-2-4-8-12(10)13-11/h22-25,31-32H,8-21,28H2,1-7H3;2-3,20-23,25-26H,4,7-19,24H2,1H3;16-19,21-22H,2-15,20H2,1H3;15-18,20-23H,2-14,19,24H2,1H3;1-8,13H. The lowest BCUT2D eigenvalue weighted by Gasteiger charge is -2.08. The number of aryl methyl sites for hydroxylation is 4. The summed E-state index contributed by atoms with van der Waals surface area (Å²) in [5, 5.41) is 13.3. The van der Waals surface area contributed by atoms with Crippen molar-refractivity contribution in [2.45, 2.75) is 453 Å². The van der Waals surface area contributed by atoms with E-state index in [-0.39, 0.29) is 0 Å². The molecule has 5 nitrogen and oxygen atoms in total. The Morgan fingerprint density at radius 1 is 0.211 bits per heavy atom. The number of nitrogens with one attached hydrogen (secondary N) is 1. The Hall–Kier alpha value is -8.67. The van der Waals surface area contributed by atoms with Crippen LogP contribution in [0.5, 0.6) is 0 Å². The molecule has 0 unspecified atom stereocenters. The van der Waals surface area contributed by atoms with Crippen molar-refractivity contribution in [2.75, 3.05) is 0 Å². The van der Waals surface area contributed by atoms with Crippen LogP contribution in [0.25, 0.3) is 109 Å². The number of hydrogen-bond acceptors (Lipinski definition) is 0. The molecule has 147 heavy (non-hydrogen) atoms. The molecule has 0 bridgehead atoms. The maximum atomic E-state index is 5.65. The molecule has 9 heteroatoms. The molecule has 15 rings (SSSR count). The third kappa shape index (κ3) is 40.5. The van der Waals surface area contributed by atoms with Gasteiger partial charge >= 0.3 is 0 Å². The van der Waals surface area contributed by atoms with Crippen LogP contribution in [0.15, 0.2) is 206 Å². The molecule has 0 fully saturated rings. The molecule has 10 aromatic carbocycles. The molecular weight excluding hydrogens is 2040 g/mol. The first-order valence-corrected chi connectivity index (χ1v) is 68.5. The van der Waals surface area contributed by atoms with Crippen molar-refractivity contribution in [1.29, 1.82) is 0 Å². The zero-order valence-electron chi connectivity index (χ0n) is 93.3. The van der Waals surface area contributed by atoms with Crippen LogP contribution in [-0.4, -0.2) is 39.4 Å². The van der Waals surface area contributed by atoms with Crippen molar-refractivity contribution in [3.8, 4) is 47.6 Å². The van der Waals surface area contributed by atoms with E-state index in [0.29, 0.717) is 0 Å². The Balaban J connectivity index is 0.000000179. The molecule has 0 spiro atoms. The molecule has 0 aliphatic rings. The fourth-order valence-electron chi connectivity index (χ4n) is 21.7. The average Bonchev–Trinajstić information content (AvgIpc) is 1.61. The smallest absolute Gasteiger partial charge is 0.129 e. The van der Waals surface area contributed by atoms with Gasteiger partial charge in [0, 0.05) is 165 Å². The number of benzene rings is 10. The monoisotopic (exact) mass is 2220 g/mol. The summed E-state index contributed by atoms with van der Waals surface area (Å²) >= 11 is 4.86. The number of para-hydroxylation sites is 4. The summed E-state index contributed by atoms with van der Waals surface area (Å²) in [7, 11) is -2.84. The highest BCUT2D eigenvalue weighted by atomic mass is 127. The molecule has 0 aliphatic heterocycles. The summed E-state index contributed by atoms with van der Waals surface area (Å²) in [6.45, 7) is 27.4. The fourth-order valence-corrected chi connectivity index (χ4v) is 23.8. The topological polar surface area (TPSA) is 35.5 Å². The van der Waals surface area contributed by atoms with Crippen molar-refractivity contribution in [1.82, 2.24) is 23.3 Å². The summed E-state index contributed by atoms with van der Waals surface area (Å²) in [5.41, 5.74) is 24.4. The average molecular weight is 2230 g/mol. The molecule has 0 atom stereocenters. The largest absolute Gasteiger partial charge is 0.355 e. The molecule has 1 N–H and O–H groups in total. The number of terminal acetylenes is 2. The minimum Gasteiger partial charge on any atom is -0.355 e. The van der Waals surface area contributed by atoms with Gasteiger partial charge in [-0.1, -0.05) is 497 Å². The Morgan fingerprint density at radius 3 is 0.639 bits per heavy atom. The zero-order chi connectivity index (χ0) is 104. The molecule has 0 saturated carbocycles. The molecule has 0 amide bonds. The molecule has 786 valence electrons. The third-order valence-corrected chi connectivity index (χ3v) is 33.1. The summed E-state index contributed by atoms with van der Waals surface area (Å²) in [6.07, 6.45) is 90.0. The van der Waals surface area contributed by atoms with E-state index in [1.807, 2.05) is 12.1 Å². The highest BCUT2D eigenvalue weighted by Gasteiger charge is 2.19. The first kappa shape index (κ1) is 119. The van der Waals surface area contributed by atoms with Crippen LogP contribution in [0.1, 0.15) is 410 Å². The molecule has 0 radical (unpaired) electrons. The molecule has 0 saturated heterocycles. The van der Waals surface area contributed by atoms with Gasteiger partial charge in [-0.15, -0.1) is 23.9 Å². The molecule has 5 heterocycles. The summed E-state index contributed by atoms with van der Waals surface area (Å²) in [6, 6.07) is 74.7. The van der Waals surface area contributed by atoms with Crippen LogP contribution in [0, 0.1) is 54.8 Å². The minimum absolute atomic E-state index is 0.921. The number of aromatic nitrogens is 5. The van der Waals surface area contributed by atoms with Gasteiger partial charge in [0.05, 0.1) is 0 Å². The van der Waals surface area contributed by atoms with E-state index in [2.05, 4.69) is 364 Å². The quantitative estimate of drug-likeness (QED) is 0.0171. The van der Waals surface area contributed by atoms with Crippen molar-refractivity contribution in [3.63, 3.8) is 0 Å². The summed E-state index contributed by atoms with van der Waals surface area (Å²) in [5.74, 6) is 12.5. The van der Waals surface area contributed by atoms with Gasteiger partial charge in [0.1, 0.15) is 16.1 Å². The number of aromatic amines is 1. The lowest BCUT2D eigenvalue weighted by Crippen LogP contribution is -2.16. The number of fused-ring (bicyclic) bond motifs is 15. The Labute approximate surface area is 921 Å². The van der Waals surface area contributed by atoms with E-state index in [0.717, 1.165) is 48.4 Å². The van der Waals surface area contributed by atoms with Crippen molar-refractivity contribution in [2.24, 2.45) is 0 Å².